The molecule has 5 heteroatoms. The van der Waals surface area contributed by atoms with Gasteiger partial charge in [0, 0.05) is 10.5 Å². The summed E-state index contributed by atoms with van der Waals surface area (Å²) in [7, 11) is 0. The van der Waals surface area contributed by atoms with E-state index in [4.69, 9.17) is 5.11 Å². The average molecular weight is 321 g/mol. The first-order valence-electron chi connectivity index (χ1n) is 5.77. The Kier molecular flexibility index (Phi) is 4.16. The fourth-order valence-corrected chi connectivity index (χ4v) is 2.13. The van der Waals surface area contributed by atoms with Crippen molar-refractivity contribution in [1.82, 2.24) is 4.98 Å². The number of carboxylic acids is 1. The smallest absolute Gasteiger partial charge is 0.354 e. The summed E-state index contributed by atoms with van der Waals surface area (Å²) in [6.45, 7) is 2.03. The van der Waals surface area contributed by atoms with Crippen molar-refractivity contribution < 1.29 is 9.90 Å². The van der Waals surface area contributed by atoms with Gasteiger partial charge in [-0.3, -0.25) is 0 Å². The third-order valence-electron chi connectivity index (χ3n) is 2.71. The Hall–Kier alpha value is -1.88. The maximum atomic E-state index is 10.7. The molecule has 1 aromatic heterocycles. The molecule has 0 spiro atoms. The quantitative estimate of drug-likeness (QED) is 0.901. The Morgan fingerprint density at radius 3 is 2.74 bits per heavy atom. The molecule has 2 rings (SSSR count). The second-order valence-electron chi connectivity index (χ2n) is 4.16. The summed E-state index contributed by atoms with van der Waals surface area (Å²) in [5.41, 5.74) is 1.97. The van der Waals surface area contributed by atoms with Crippen LogP contribution >= 0.6 is 15.9 Å². The molecule has 0 fully saturated rings. The molecule has 98 valence electrons. The molecule has 0 saturated carbocycles. The average Bonchev–Trinajstić information content (AvgIpc) is 2.39. The van der Waals surface area contributed by atoms with Crippen molar-refractivity contribution in [2.45, 2.75) is 13.0 Å². The van der Waals surface area contributed by atoms with Gasteiger partial charge in [-0.2, -0.15) is 0 Å². The highest BCUT2D eigenvalue weighted by atomic mass is 79.9. The summed E-state index contributed by atoms with van der Waals surface area (Å²) < 4.78 is 1.03. The van der Waals surface area contributed by atoms with Gasteiger partial charge in [0.15, 0.2) is 0 Å². The Morgan fingerprint density at radius 1 is 1.37 bits per heavy atom. The lowest BCUT2D eigenvalue weighted by molar-refractivity contribution is 0.0690. The van der Waals surface area contributed by atoms with Gasteiger partial charge in [0.05, 0.1) is 11.9 Å². The van der Waals surface area contributed by atoms with Crippen molar-refractivity contribution in [3.63, 3.8) is 0 Å². The second-order valence-corrected chi connectivity index (χ2v) is 5.07. The molecule has 1 aromatic carbocycles. The molecule has 1 heterocycles. The van der Waals surface area contributed by atoms with Crippen LogP contribution in [0.5, 0.6) is 0 Å². The minimum absolute atomic E-state index is 0.0423. The zero-order valence-corrected chi connectivity index (χ0v) is 11.9. The van der Waals surface area contributed by atoms with Crippen LogP contribution in [0.15, 0.2) is 47.1 Å². The van der Waals surface area contributed by atoms with E-state index in [2.05, 4.69) is 26.2 Å². The molecule has 0 saturated heterocycles. The Bertz CT molecular complexity index is 584. The molecule has 4 nitrogen and oxygen atoms in total. The highest BCUT2D eigenvalue weighted by Crippen LogP contribution is 2.21. The third-order valence-corrected chi connectivity index (χ3v) is 3.21. The van der Waals surface area contributed by atoms with Gasteiger partial charge in [0.1, 0.15) is 5.69 Å². The number of rotatable bonds is 4. The molecule has 0 radical (unpaired) electrons. The van der Waals surface area contributed by atoms with Crippen molar-refractivity contribution in [2.75, 3.05) is 5.32 Å². The Balaban J connectivity index is 2.10. The SMILES string of the molecule is CC(Nc1ccc(C(=O)O)nc1)c1cccc(Br)c1. The molecule has 0 bridgehead atoms. The number of pyridine rings is 1. The molecule has 1 atom stereocenters. The topological polar surface area (TPSA) is 62.2 Å². The van der Waals surface area contributed by atoms with Gasteiger partial charge in [-0.1, -0.05) is 28.1 Å². The summed E-state index contributed by atoms with van der Waals surface area (Å²) in [5.74, 6) is -1.02. The number of anilines is 1. The molecule has 1 unspecified atom stereocenters. The lowest BCUT2D eigenvalue weighted by Crippen LogP contribution is -2.07. The van der Waals surface area contributed by atoms with Crippen molar-refractivity contribution >= 4 is 27.6 Å². The molecule has 2 N–H and O–H groups in total. The molecule has 19 heavy (non-hydrogen) atoms. The van der Waals surface area contributed by atoms with E-state index in [9.17, 15) is 4.79 Å². The van der Waals surface area contributed by atoms with Crippen LogP contribution in [-0.4, -0.2) is 16.1 Å². The number of aromatic nitrogens is 1. The number of nitrogens with one attached hydrogen (secondary N) is 1. The number of benzene rings is 1. The molecule has 0 aliphatic carbocycles. The Morgan fingerprint density at radius 2 is 2.16 bits per heavy atom. The van der Waals surface area contributed by atoms with E-state index in [0.717, 1.165) is 15.7 Å². The zero-order valence-electron chi connectivity index (χ0n) is 10.3. The lowest BCUT2D eigenvalue weighted by atomic mass is 10.1. The number of hydrogen-bond donors (Lipinski definition) is 2. The second kappa shape index (κ2) is 5.84. The van der Waals surface area contributed by atoms with Gasteiger partial charge < -0.3 is 10.4 Å². The predicted molar refractivity (Wildman–Crippen MR) is 77.4 cm³/mol. The lowest BCUT2D eigenvalue weighted by Gasteiger charge is -2.15. The van der Waals surface area contributed by atoms with Crippen LogP contribution in [0.25, 0.3) is 0 Å². The van der Waals surface area contributed by atoms with Crippen LogP contribution in [0, 0.1) is 0 Å². The van der Waals surface area contributed by atoms with Gasteiger partial charge in [-0.25, -0.2) is 9.78 Å². The summed E-state index contributed by atoms with van der Waals surface area (Å²) in [4.78, 5) is 14.6. The summed E-state index contributed by atoms with van der Waals surface area (Å²) >= 11 is 3.44. The summed E-state index contributed by atoms with van der Waals surface area (Å²) in [6.07, 6.45) is 1.53. The number of carboxylic acid groups (broad SMARTS) is 1. The molecule has 0 aliphatic rings. The summed E-state index contributed by atoms with van der Waals surface area (Å²) in [5, 5.41) is 12.1. The first-order valence-corrected chi connectivity index (χ1v) is 6.57. The predicted octanol–water partition coefficient (Wildman–Crippen LogP) is 3.72. The van der Waals surface area contributed by atoms with Gasteiger partial charge in [-0.05, 0) is 36.8 Å². The minimum Gasteiger partial charge on any atom is -0.477 e. The van der Waals surface area contributed by atoms with E-state index in [-0.39, 0.29) is 11.7 Å². The minimum atomic E-state index is -1.02. The largest absolute Gasteiger partial charge is 0.477 e. The van der Waals surface area contributed by atoms with Gasteiger partial charge in [0.2, 0.25) is 0 Å². The van der Waals surface area contributed by atoms with E-state index in [1.54, 1.807) is 6.07 Å². The van der Waals surface area contributed by atoms with Gasteiger partial charge in [0.25, 0.3) is 0 Å². The third kappa shape index (κ3) is 3.54. The van der Waals surface area contributed by atoms with E-state index < -0.39 is 5.97 Å². The molecule has 0 amide bonds. The highest BCUT2D eigenvalue weighted by Gasteiger charge is 2.07. The fraction of sp³-hybridized carbons (Fsp3) is 0.143. The van der Waals surface area contributed by atoms with Crippen LogP contribution in [-0.2, 0) is 0 Å². The summed E-state index contributed by atoms with van der Waals surface area (Å²) in [6, 6.07) is 11.3. The van der Waals surface area contributed by atoms with Crippen LogP contribution in [0.4, 0.5) is 5.69 Å². The van der Waals surface area contributed by atoms with Crippen LogP contribution in [0.3, 0.4) is 0 Å². The first-order chi connectivity index (χ1) is 9.06. The van der Waals surface area contributed by atoms with E-state index in [1.807, 2.05) is 31.2 Å². The van der Waals surface area contributed by atoms with Gasteiger partial charge in [-0.15, -0.1) is 0 Å². The molecular formula is C14H13BrN2O2. The number of nitrogens with zero attached hydrogens (tertiary/aromatic N) is 1. The maximum absolute atomic E-state index is 10.7. The normalized spacial score (nSPS) is 11.9. The number of carbonyl (C=O) groups is 1. The van der Waals surface area contributed by atoms with E-state index in [1.165, 1.54) is 12.3 Å². The molecular weight excluding hydrogens is 308 g/mol. The monoisotopic (exact) mass is 320 g/mol. The maximum Gasteiger partial charge on any atom is 0.354 e. The Labute approximate surface area is 119 Å². The number of halogens is 1. The van der Waals surface area contributed by atoms with Crippen molar-refractivity contribution in [3.05, 3.63) is 58.3 Å². The highest BCUT2D eigenvalue weighted by molar-refractivity contribution is 9.10. The fourth-order valence-electron chi connectivity index (χ4n) is 1.72. The van der Waals surface area contributed by atoms with Gasteiger partial charge >= 0.3 is 5.97 Å². The van der Waals surface area contributed by atoms with Crippen molar-refractivity contribution in [3.8, 4) is 0 Å². The van der Waals surface area contributed by atoms with E-state index in [0.29, 0.717) is 0 Å². The van der Waals surface area contributed by atoms with Crippen LogP contribution < -0.4 is 5.32 Å². The number of aromatic carboxylic acids is 1. The van der Waals surface area contributed by atoms with Crippen LogP contribution in [0.2, 0.25) is 0 Å². The van der Waals surface area contributed by atoms with Crippen LogP contribution in [0.1, 0.15) is 29.0 Å². The molecule has 0 aliphatic heterocycles. The first kappa shape index (κ1) is 13.5. The zero-order chi connectivity index (χ0) is 13.8. The molecule has 2 aromatic rings. The standard InChI is InChI=1S/C14H13BrN2O2/c1-9(10-3-2-4-11(15)7-10)17-12-5-6-13(14(18)19)16-8-12/h2-9,17H,1H3,(H,18,19). The van der Waals surface area contributed by atoms with E-state index >= 15 is 0 Å². The van der Waals surface area contributed by atoms with Crippen molar-refractivity contribution in [1.29, 1.82) is 0 Å². The number of hydrogen-bond acceptors (Lipinski definition) is 3. The van der Waals surface area contributed by atoms with Crippen molar-refractivity contribution in [2.24, 2.45) is 0 Å².